The molecule has 0 atom stereocenters. The predicted molar refractivity (Wildman–Crippen MR) is 82.2 cm³/mol. The molecule has 0 aliphatic carbocycles. The molecule has 0 aromatic carbocycles. The highest BCUT2D eigenvalue weighted by Crippen LogP contribution is 2.34. The van der Waals surface area contributed by atoms with E-state index >= 15 is 0 Å². The lowest BCUT2D eigenvalue weighted by molar-refractivity contribution is 0.0718. The Hall–Kier alpha value is -2.00. The molecule has 6 heteroatoms. The van der Waals surface area contributed by atoms with Gasteiger partial charge in [0.25, 0.3) is 5.91 Å². The van der Waals surface area contributed by atoms with Gasteiger partial charge in [0, 0.05) is 19.3 Å². The quantitative estimate of drug-likeness (QED) is 0.853. The minimum absolute atomic E-state index is 0.00356. The molecule has 2 aromatic rings. The van der Waals surface area contributed by atoms with E-state index in [0.717, 1.165) is 18.4 Å². The Kier molecular flexibility index (Phi) is 3.60. The number of hydrogen-bond donors (Lipinski definition) is 0. The van der Waals surface area contributed by atoms with Crippen LogP contribution in [0.1, 0.15) is 23.2 Å². The van der Waals surface area contributed by atoms with Crippen LogP contribution >= 0.6 is 11.8 Å². The molecule has 3 rings (SSSR count). The molecule has 0 bridgehead atoms. The van der Waals surface area contributed by atoms with Crippen LogP contribution in [0.4, 0.5) is 0 Å². The molecule has 0 N–H and O–H groups in total. The normalized spacial score (nSPS) is 17.6. The third kappa shape index (κ3) is 2.38. The molecule has 3 heterocycles. The van der Waals surface area contributed by atoms with E-state index in [1.165, 1.54) is 0 Å². The number of rotatable bonds is 2. The average Bonchev–Trinajstić information content (AvgIpc) is 2.98. The second-order valence-electron chi connectivity index (χ2n) is 5.19. The summed E-state index contributed by atoms with van der Waals surface area (Å²) in [4.78, 5) is 14.5. The Balaban J connectivity index is 1.80. The maximum Gasteiger partial charge on any atom is 0.257 e. The molecule has 0 saturated carbocycles. The van der Waals surface area contributed by atoms with Crippen molar-refractivity contribution in [3.63, 3.8) is 0 Å². The zero-order valence-corrected chi connectivity index (χ0v) is 12.6. The van der Waals surface area contributed by atoms with Crippen LogP contribution in [0.3, 0.4) is 0 Å². The summed E-state index contributed by atoms with van der Waals surface area (Å²) in [6.07, 6.45) is 6.85. The molecule has 2 aromatic heterocycles. The van der Waals surface area contributed by atoms with Gasteiger partial charge < -0.3 is 4.90 Å². The fraction of sp³-hybridized carbons (Fsp3) is 0.400. The maximum absolute atomic E-state index is 12.6. The van der Waals surface area contributed by atoms with Crippen LogP contribution < -0.4 is 0 Å². The Morgan fingerprint density at radius 1 is 1.43 bits per heavy atom. The van der Waals surface area contributed by atoms with Crippen molar-refractivity contribution in [3.8, 4) is 6.07 Å². The van der Waals surface area contributed by atoms with Gasteiger partial charge >= 0.3 is 0 Å². The topological polar surface area (TPSA) is 61.4 Å². The van der Waals surface area contributed by atoms with E-state index in [4.69, 9.17) is 0 Å². The lowest BCUT2D eigenvalue weighted by atomic mass is 9.97. The predicted octanol–water partition coefficient (Wildman–Crippen LogP) is 2.20. The number of hydrogen-bond acceptors (Lipinski definition) is 4. The van der Waals surface area contributed by atoms with Gasteiger partial charge in [-0.1, -0.05) is 6.07 Å². The van der Waals surface area contributed by atoms with E-state index in [2.05, 4.69) is 11.2 Å². The Morgan fingerprint density at radius 2 is 2.19 bits per heavy atom. The van der Waals surface area contributed by atoms with Gasteiger partial charge in [-0.3, -0.25) is 4.79 Å². The van der Waals surface area contributed by atoms with Crippen LogP contribution in [-0.2, 0) is 0 Å². The van der Waals surface area contributed by atoms with Crippen molar-refractivity contribution >= 4 is 23.2 Å². The molecule has 0 unspecified atom stereocenters. The number of nitriles is 1. The average molecular weight is 300 g/mol. The Morgan fingerprint density at radius 3 is 2.86 bits per heavy atom. The third-order valence-corrected chi connectivity index (χ3v) is 5.39. The van der Waals surface area contributed by atoms with E-state index in [9.17, 15) is 10.1 Å². The summed E-state index contributed by atoms with van der Waals surface area (Å²) in [7, 11) is 0. The molecule has 1 aliphatic rings. The first-order valence-corrected chi connectivity index (χ1v) is 8.10. The molecule has 1 aliphatic heterocycles. The number of carbonyl (C=O) groups excluding carboxylic acids is 1. The minimum Gasteiger partial charge on any atom is -0.338 e. The van der Waals surface area contributed by atoms with Gasteiger partial charge in [-0.2, -0.15) is 10.4 Å². The molecule has 5 nitrogen and oxygen atoms in total. The van der Waals surface area contributed by atoms with Gasteiger partial charge in [0.05, 0.1) is 23.3 Å². The molecule has 0 spiro atoms. The van der Waals surface area contributed by atoms with E-state index < -0.39 is 0 Å². The fourth-order valence-electron chi connectivity index (χ4n) is 2.70. The third-order valence-electron chi connectivity index (χ3n) is 4.11. The largest absolute Gasteiger partial charge is 0.338 e. The summed E-state index contributed by atoms with van der Waals surface area (Å²) >= 11 is 1.59. The van der Waals surface area contributed by atoms with Crippen molar-refractivity contribution in [1.82, 2.24) is 14.5 Å². The lowest BCUT2D eigenvalue weighted by Crippen LogP contribution is -2.44. The summed E-state index contributed by atoms with van der Waals surface area (Å²) in [5.74, 6) is 0.00356. The first-order chi connectivity index (χ1) is 10.2. The lowest BCUT2D eigenvalue weighted by Gasteiger charge is -2.36. The van der Waals surface area contributed by atoms with Gasteiger partial charge in [-0.05, 0) is 31.2 Å². The number of fused-ring (bicyclic) bond motifs is 1. The number of thioether (sulfide) groups is 1. The smallest absolute Gasteiger partial charge is 0.257 e. The second-order valence-corrected chi connectivity index (χ2v) is 6.38. The standard InChI is InChI=1S/C15H16N4OS/c1-21-15(11-16)5-8-18(9-6-15)14(20)12-10-17-19-7-3-2-4-13(12)19/h2-4,7,10H,5-6,8-9H2,1H3. The number of carbonyl (C=O) groups is 1. The van der Waals surface area contributed by atoms with Crippen molar-refractivity contribution in [2.75, 3.05) is 19.3 Å². The first-order valence-electron chi connectivity index (χ1n) is 6.87. The number of aromatic nitrogens is 2. The number of amides is 1. The molecule has 1 saturated heterocycles. The van der Waals surface area contributed by atoms with Gasteiger partial charge in [0.2, 0.25) is 0 Å². The van der Waals surface area contributed by atoms with Gasteiger partial charge in [0.15, 0.2) is 0 Å². The number of piperidine rings is 1. The van der Waals surface area contributed by atoms with E-state index in [1.807, 2.05) is 35.6 Å². The molecule has 108 valence electrons. The summed E-state index contributed by atoms with van der Waals surface area (Å²) in [5.41, 5.74) is 1.45. The number of pyridine rings is 1. The van der Waals surface area contributed by atoms with Crippen LogP contribution in [0.25, 0.3) is 5.52 Å². The first kappa shape index (κ1) is 14.0. The van der Waals surface area contributed by atoms with Crippen LogP contribution in [-0.4, -0.2) is 44.5 Å². The molecular weight excluding hydrogens is 284 g/mol. The summed E-state index contributed by atoms with van der Waals surface area (Å²) in [6, 6.07) is 8.08. The highest BCUT2D eigenvalue weighted by Gasteiger charge is 2.36. The molecule has 1 amide bonds. The summed E-state index contributed by atoms with van der Waals surface area (Å²) in [6.45, 7) is 1.24. The molecular formula is C15H16N4OS. The van der Waals surface area contributed by atoms with Gasteiger partial charge in [0.1, 0.15) is 4.75 Å². The van der Waals surface area contributed by atoms with E-state index in [1.54, 1.807) is 22.5 Å². The van der Waals surface area contributed by atoms with Crippen molar-refractivity contribution in [3.05, 3.63) is 36.2 Å². The van der Waals surface area contributed by atoms with E-state index in [-0.39, 0.29) is 10.7 Å². The van der Waals surface area contributed by atoms with Crippen molar-refractivity contribution in [2.24, 2.45) is 0 Å². The number of likely N-dealkylation sites (tertiary alicyclic amines) is 1. The maximum atomic E-state index is 12.6. The fourth-order valence-corrected chi connectivity index (χ4v) is 3.38. The van der Waals surface area contributed by atoms with Crippen LogP contribution in [0.2, 0.25) is 0 Å². The van der Waals surface area contributed by atoms with Crippen molar-refractivity contribution in [1.29, 1.82) is 5.26 Å². The van der Waals surface area contributed by atoms with Gasteiger partial charge in [-0.15, -0.1) is 11.8 Å². The monoisotopic (exact) mass is 300 g/mol. The number of nitrogens with zero attached hydrogens (tertiary/aromatic N) is 4. The zero-order valence-electron chi connectivity index (χ0n) is 11.8. The van der Waals surface area contributed by atoms with Crippen molar-refractivity contribution < 1.29 is 4.79 Å². The minimum atomic E-state index is -0.335. The molecule has 21 heavy (non-hydrogen) atoms. The summed E-state index contributed by atoms with van der Waals surface area (Å²) < 4.78 is 1.37. The highest BCUT2D eigenvalue weighted by molar-refractivity contribution is 8.00. The van der Waals surface area contributed by atoms with Gasteiger partial charge in [-0.25, -0.2) is 4.52 Å². The van der Waals surface area contributed by atoms with Crippen LogP contribution in [0.5, 0.6) is 0 Å². The molecule has 0 radical (unpaired) electrons. The zero-order chi connectivity index (χ0) is 14.9. The Bertz CT molecular complexity index is 710. The van der Waals surface area contributed by atoms with E-state index in [0.29, 0.717) is 18.7 Å². The molecule has 1 fully saturated rings. The second kappa shape index (κ2) is 5.41. The van der Waals surface area contributed by atoms with Crippen LogP contribution in [0, 0.1) is 11.3 Å². The SMILES string of the molecule is CSC1(C#N)CCN(C(=O)c2cnn3ccccc23)CC1. The van der Waals surface area contributed by atoms with Crippen LogP contribution in [0.15, 0.2) is 30.6 Å². The summed E-state index contributed by atoms with van der Waals surface area (Å²) in [5, 5.41) is 13.5. The Labute approximate surface area is 127 Å². The highest BCUT2D eigenvalue weighted by atomic mass is 32.2. The van der Waals surface area contributed by atoms with Crippen molar-refractivity contribution in [2.45, 2.75) is 17.6 Å².